The van der Waals surface area contributed by atoms with Crippen molar-refractivity contribution in [3.05, 3.63) is 29.8 Å². The summed E-state index contributed by atoms with van der Waals surface area (Å²) in [5, 5.41) is 9.06. The van der Waals surface area contributed by atoms with Crippen LogP contribution < -0.4 is 16.0 Å². The lowest BCUT2D eigenvalue weighted by Gasteiger charge is -2.29. The van der Waals surface area contributed by atoms with Crippen LogP contribution >= 0.6 is 38.4 Å². The number of amides is 1. The lowest BCUT2D eigenvalue weighted by molar-refractivity contribution is -0.122. The van der Waals surface area contributed by atoms with Crippen molar-refractivity contribution in [1.82, 2.24) is 5.32 Å². The van der Waals surface area contributed by atoms with Gasteiger partial charge in [0.1, 0.15) is 0 Å². The number of carbonyl (C=O) groups is 1. The highest BCUT2D eigenvalue weighted by molar-refractivity contribution is 7.72. The number of nitrogens with one attached hydrogen (secondary N) is 1. The Kier molecular flexibility index (Phi) is 13.0. The quantitative estimate of drug-likeness (QED) is 0.0879. The highest BCUT2D eigenvalue weighted by atomic mass is 35.5. The van der Waals surface area contributed by atoms with Crippen LogP contribution in [0.3, 0.4) is 0 Å². The number of unbranched alkanes of at least 4 members (excludes halogenated alkanes) is 2. The average molecular weight is 564 g/mol. The van der Waals surface area contributed by atoms with Crippen LogP contribution in [0.25, 0.3) is 0 Å². The summed E-state index contributed by atoms with van der Waals surface area (Å²) in [4.78, 5) is 50.7. The van der Waals surface area contributed by atoms with Crippen LogP contribution in [-0.4, -0.2) is 73.1 Å². The van der Waals surface area contributed by atoms with Gasteiger partial charge in [-0.15, -0.1) is 23.2 Å². The van der Waals surface area contributed by atoms with Gasteiger partial charge in [0.15, 0.2) is 0 Å². The zero-order valence-electron chi connectivity index (χ0n) is 18.6. The number of carbonyl (C=O) groups excluding carboxylic acids is 1. The normalized spacial score (nSPS) is 13.5. The van der Waals surface area contributed by atoms with Gasteiger partial charge in [0, 0.05) is 37.1 Å². The smallest absolute Gasteiger partial charge is 0.369 e. The number of nitrogens with two attached hydrogens (primary N) is 1. The van der Waals surface area contributed by atoms with E-state index in [1.807, 2.05) is 24.3 Å². The van der Waals surface area contributed by atoms with E-state index in [1.54, 1.807) is 0 Å². The van der Waals surface area contributed by atoms with E-state index in [0.717, 1.165) is 11.3 Å². The van der Waals surface area contributed by atoms with Gasteiger partial charge in [-0.25, -0.2) is 0 Å². The molecule has 0 aromatic heterocycles. The molecular weight excluding hydrogens is 531 g/mol. The van der Waals surface area contributed by atoms with Crippen molar-refractivity contribution in [2.75, 3.05) is 36.3 Å². The summed E-state index contributed by atoms with van der Waals surface area (Å²) in [6, 6.07) is 6.79. The Morgan fingerprint density at radius 3 is 2.00 bits per heavy atom. The molecule has 1 aromatic carbocycles. The van der Waals surface area contributed by atoms with Crippen molar-refractivity contribution in [3.63, 3.8) is 0 Å². The molecule has 0 aliphatic carbocycles. The van der Waals surface area contributed by atoms with Crippen LogP contribution in [0, 0.1) is 0 Å². The monoisotopic (exact) mass is 563 g/mol. The first-order valence-electron chi connectivity index (χ1n) is 10.6. The van der Waals surface area contributed by atoms with Crippen molar-refractivity contribution in [3.8, 4) is 0 Å². The Morgan fingerprint density at radius 1 is 1.00 bits per heavy atom. The number of alkyl halides is 2. The van der Waals surface area contributed by atoms with E-state index < -0.39 is 32.7 Å². The molecule has 0 saturated heterocycles. The van der Waals surface area contributed by atoms with Gasteiger partial charge in [-0.05, 0) is 43.4 Å². The van der Waals surface area contributed by atoms with E-state index in [1.165, 1.54) is 0 Å². The predicted molar refractivity (Wildman–Crippen MR) is 132 cm³/mol. The van der Waals surface area contributed by atoms with Crippen LogP contribution in [0.2, 0.25) is 0 Å². The maximum atomic E-state index is 12.2. The van der Waals surface area contributed by atoms with Gasteiger partial charge in [-0.1, -0.05) is 18.6 Å². The van der Waals surface area contributed by atoms with Gasteiger partial charge < -0.3 is 40.6 Å². The lowest BCUT2D eigenvalue weighted by Crippen LogP contribution is -2.42. The molecule has 1 rings (SSSR count). The summed E-state index contributed by atoms with van der Waals surface area (Å²) in [6.45, 7) is 1.53. The second-order valence-corrected chi connectivity index (χ2v) is 12.6. The third kappa shape index (κ3) is 9.39. The van der Waals surface area contributed by atoms with Gasteiger partial charge in [0.2, 0.25) is 5.91 Å². The maximum Gasteiger partial charge on any atom is 0.369 e. The van der Waals surface area contributed by atoms with Gasteiger partial charge >= 0.3 is 15.2 Å². The zero-order chi connectivity index (χ0) is 26.0. The Morgan fingerprint density at radius 2 is 1.53 bits per heavy atom. The minimum atomic E-state index is -5.45. The van der Waals surface area contributed by atoms with Crippen molar-refractivity contribution in [2.45, 2.75) is 43.2 Å². The van der Waals surface area contributed by atoms with E-state index in [-0.39, 0.29) is 25.3 Å². The number of rotatable bonds is 16. The van der Waals surface area contributed by atoms with E-state index in [9.17, 15) is 19.0 Å². The fraction of sp³-hybridized carbons (Fsp3) is 0.632. The summed E-state index contributed by atoms with van der Waals surface area (Å²) < 4.78 is 22.6. The topological polar surface area (TPSA) is 194 Å². The summed E-state index contributed by atoms with van der Waals surface area (Å²) in [7, 11) is -10.9. The zero-order valence-corrected chi connectivity index (χ0v) is 21.9. The van der Waals surface area contributed by atoms with Crippen molar-refractivity contribution >= 4 is 50.0 Å². The van der Waals surface area contributed by atoms with Crippen LogP contribution in [0.15, 0.2) is 24.3 Å². The van der Waals surface area contributed by atoms with Crippen molar-refractivity contribution < 1.29 is 38.6 Å². The Balaban J connectivity index is 2.45. The van der Waals surface area contributed by atoms with Crippen LogP contribution in [-0.2, 0) is 20.3 Å². The first-order valence-corrected chi connectivity index (χ1v) is 14.9. The van der Waals surface area contributed by atoms with Gasteiger partial charge in [-0.2, -0.15) is 0 Å². The number of anilines is 1. The molecule has 0 spiro atoms. The summed E-state index contributed by atoms with van der Waals surface area (Å²) in [5.74, 6) is 0.562. The number of nitrogens with zero attached hydrogens (tertiary/aromatic N) is 1. The Labute approximate surface area is 208 Å². The molecule has 8 N–H and O–H groups in total. The van der Waals surface area contributed by atoms with E-state index in [2.05, 4.69) is 10.2 Å². The molecule has 0 heterocycles. The summed E-state index contributed by atoms with van der Waals surface area (Å²) in [5.41, 5.74) is 7.81. The highest BCUT2D eigenvalue weighted by Crippen LogP contribution is 2.69. The van der Waals surface area contributed by atoms with Gasteiger partial charge in [0.25, 0.3) is 5.08 Å². The van der Waals surface area contributed by atoms with E-state index >= 15 is 0 Å². The molecule has 0 bridgehead atoms. The Hall–Kier alpha value is -0.710. The molecule has 196 valence electrons. The number of aliphatic hydroxyl groups is 1. The number of benzene rings is 1. The van der Waals surface area contributed by atoms with Crippen molar-refractivity contribution in [1.29, 1.82) is 0 Å². The average Bonchev–Trinajstić information content (AvgIpc) is 2.74. The molecule has 34 heavy (non-hydrogen) atoms. The molecule has 15 heteroatoms. The van der Waals surface area contributed by atoms with Gasteiger partial charge in [0.05, 0.1) is 6.04 Å². The van der Waals surface area contributed by atoms with E-state index in [4.69, 9.17) is 48.5 Å². The first-order chi connectivity index (χ1) is 15.8. The van der Waals surface area contributed by atoms with Crippen LogP contribution in [0.4, 0.5) is 5.69 Å². The number of halogens is 2. The second-order valence-electron chi connectivity index (χ2n) is 7.81. The molecule has 1 amide bonds. The summed E-state index contributed by atoms with van der Waals surface area (Å²) >= 11 is 11.6. The largest absolute Gasteiger partial charge is 0.369 e. The highest BCUT2D eigenvalue weighted by Gasteiger charge is 2.58. The number of hydrogen-bond acceptors (Lipinski definition) is 6. The first kappa shape index (κ1) is 31.3. The second kappa shape index (κ2) is 14.1. The molecule has 11 nitrogen and oxygen atoms in total. The third-order valence-electron chi connectivity index (χ3n) is 5.22. The SMILES string of the molecule is N[C@@H](Cc1ccc(N(CCCl)CCCl)cc1)C(=O)NCCCCCC(O)(P(=O)(O)O)P(=O)(O)O. The maximum absolute atomic E-state index is 12.2. The molecule has 0 aliphatic rings. The van der Waals surface area contributed by atoms with Gasteiger partial charge in [-0.3, -0.25) is 13.9 Å². The molecule has 1 aromatic rings. The minimum Gasteiger partial charge on any atom is -0.369 e. The molecule has 0 unspecified atom stereocenters. The fourth-order valence-corrected chi connectivity index (χ4v) is 5.90. The Bertz CT molecular complexity index is 838. The standard InChI is InChI=1S/C19H33Cl2N3O8P2/c20-9-12-24(13-10-21)16-6-4-15(5-7-16)14-17(22)18(25)23-11-3-1-2-8-19(26,33(27,28)29)34(30,31)32/h4-7,17,26H,1-3,8-14,22H2,(H,23,25)(H2,27,28,29)(H2,30,31,32)/t17-/m0/s1. The molecule has 1 atom stereocenters. The number of hydrogen-bond donors (Lipinski definition) is 7. The molecule has 0 fully saturated rings. The molecule has 0 radical (unpaired) electrons. The lowest BCUT2D eigenvalue weighted by atomic mass is 10.1. The summed E-state index contributed by atoms with van der Waals surface area (Å²) in [6.07, 6.45) is 0.0985. The van der Waals surface area contributed by atoms with Crippen LogP contribution in [0.1, 0.15) is 31.2 Å². The predicted octanol–water partition coefficient (Wildman–Crippen LogP) is 1.52. The molecular formula is C19H33Cl2N3O8P2. The van der Waals surface area contributed by atoms with E-state index in [0.29, 0.717) is 37.7 Å². The molecule has 0 aliphatic heterocycles. The fourth-order valence-electron chi connectivity index (χ4n) is 3.23. The van der Waals surface area contributed by atoms with Crippen LogP contribution in [0.5, 0.6) is 0 Å². The minimum absolute atomic E-state index is 0.0640. The van der Waals surface area contributed by atoms with Crippen molar-refractivity contribution in [2.24, 2.45) is 5.73 Å². The third-order valence-corrected chi connectivity index (χ3v) is 9.44. The molecule has 0 saturated carbocycles.